The van der Waals surface area contributed by atoms with Crippen LogP contribution in [0.15, 0.2) is 36.4 Å². The summed E-state index contributed by atoms with van der Waals surface area (Å²) in [5.74, 6) is -0.0566. The molecule has 0 unspecified atom stereocenters. The Balaban J connectivity index is 1.84. The van der Waals surface area contributed by atoms with Crippen LogP contribution in [0, 0.1) is 0 Å². The van der Waals surface area contributed by atoms with Crippen LogP contribution in [0.25, 0.3) is 10.9 Å². The fourth-order valence-electron chi connectivity index (χ4n) is 1.91. The summed E-state index contributed by atoms with van der Waals surface area (Å²) in [5, 5.41) is 6.42. The molecule has 5 heteroatoms. The molecule has 1 heterocycles. The molecule has 2 aromatic rings. The summed E-state index contributed by atoms with van der Waals surface area (Å²) in [6.45, 7) is 1.12. The van der Waals surface area contributed by atoms with E-state index in [4.69, 9.17) is 0 Å². The second kappa shape index (κ2) is 7.23. The largest absolute Gasteiger partial charge is 0.359 e. The Morgan fingerprint density at radius 3 is 2.85 bits per heavy atom. The van der Waals surface area contributed by atoms with E-state index in [1.54, 1.807) is 0 Å². The first kappa shape index (κ1) is 14.0. The van der Waals surface area contributed by atoms with Crippen molar-refractivity contribution >= 4 is 23.2 Å². The maximum atomic E-state index is 11.7. The van der Waals surface area contributed by atoms with Crippen molar-refractivity contribution in [2.45, 2.75) is 12.8 Å². The summed E-state index contributed by atoms with van der Waals surface area (Å²) in [6.07, 6.45) is 1.64. The number of amides is 2. The zero-order valence-corrected chi connectivity index (χ0v) is 11.1. The van der Waals surface area contributed by atoms with Crippen LogP contribution in [0.5, 0.6) is 0 Å². The third-order valence-corrected chi connectivity index (χ3v) is 2.90. The summed E-state index contributed by atoms with van der Waals surface area (Å²) < 4.78 is 0. The van der Waals surface area contributed by atoms with Crippen LogP contribution in [0.4, 0.5) is 0 Å². The molecule has 2 rings (SSSR count). The van der Waals surface area contributed by atoms with Crippen LogP contribution in [-0.2, 0) is 16.0 Å². The van der Waals surface area contributed by atoms with Crippen LogP contribution in [0.2, 0.25) is 0 Å². The summed E-state index contributed by atoms with van der Waals surface area (Å²) in [6, 6.07) is 11.7. The fourth-order valence-corrected chi connectivity index (χ4v) is 1.91. The normalized spacial score (nSPS) is 10.2. The molecule has 0 radical (unpaired) electrons. The van der Waals surface area contributed by atoms with Crippen molar-refractivity contribution < 1.29 is 9.59 Å². The number of carbonyl (C=O) groups is 2. The fraction of sp³-hybridized carbons (Fsp3) is 0.267. The number of nitrogens with one attached hydrogen (secondary N) is 2. The van der Waals surface area contributed by atoms with Crippen molar-refractivity contribution in [3.8, 4) is 0 Å². The summed E-state index contributed by atoms with van der Waals surface area (Å²) in [5.41, 5.74) is 1.65. The van der Waals surface area contributed by atoms with Gasteiger partial charge in [-0.25, -0.2) is 0 Å². The number of nitrogens with zero attached hydrogens (tertiary/aromatic N) is 1. The average Bonchev–Trinajstić information content (AvgIpc) is 2.47. The maximum absolute atomic E-state index is 11.7. The first-order valence-corrected chi connectivity index (χ1v) is 6.58. The highest BCUT2D eigenvalue weighted by atomic mass is 16.1. The van der Waals surface area contributed by atoms with Crippen molar-refractivity contribution in [3.63, 3.8) is 0 Å². The zero-order valence-electron chi connectivity index (χ0n) is 11.1. The monoisotopic (exact) mass is 271 g/mol. The summed E-state index contributed by atoms with van der Waals surface area (Å²) >= 11 is 0. The lowest BCUT2D eigenvalue weighted by atomic mass is 10.2. The van der Waals surface area contributed by atoms with Gasteiger partial charge in [0, 0.05) is 18.5 Å². The van der Waals surface area contributed by atoms with Gasteiger partial charge in [0.1, 0.15) is 0 Å². The Bertz CT molecular complexity index is 598. The molecule has 104 valence electrons. The van der Waals surface area contributed by atoms with Crippen LogP contribution in [0.1, 0.15) is 12.1 Å². The number of aromatic nitrogens is 1. The first-order valence-electron chi connectivity index (χ1n) is 6.58. The van der Waals surface area contributed by atoms with E-state index in [2.05, 4.69) is 15.6 Å². The molecule has 20 heavy (non-hydrogen) atoms. The Labute approximate surface area is 117 Å². The highest BCUT2D eigenvalue weighted by Gasteiger charge is 2.04. The average molecular weight is 271 g/mol. The van der Waals surface area contributed by atoms with Gasteiger partial charge in [0.15, 0.2) is 0 Å². The van der Waals surface area contributed by atoms with Gasteiger partial charge in [-0.05, 0) is 18.6 Å². The number of benzene rings is 1. The lowest BCUT2D eigenvalue weighted by Crippen LogP contribution is -2.28. The van der Waals surface area contributed by atoms with Crippen LogP contribution < -0.4 is 10.6 Å². The third-order valence-electron chi connectivity index (χ3n) is 2.90. The molecule has 0 saturated heterocycles. The topological polar surface area (TPSA) is 71.1 Å². The molecular weight excluding hydrogens is 254 g/mol. The molecule has 1 aromatic carbocycles. The second-order valence-electron chi connectivity index (χ2n) is 4.45. The van der Waals surface area contributed by atoms with E-state index >= 15 is 0 Å². The molecule has 5 nitrogen and oxygen atoms in total. The van der Waals surface area contributed by atoms with Crippen molar-refractivity contribution in [2.24, 2.45) is 0 Å². The van der Waals surface area contributed by atoms with Gasteiger partial charge in [0.25, 0.3) is 0 Å². The van der Waals surface area contributed by atoms with E-state index in [0.29, 0.717) is 19.5 Å². The molecule has 0 spiro atoms. The molecule has 0 bridgehead atoms. The van der Waals surface area contributed by atoms with E-state index in [0.717, 1.165) is 23.0 Å². The van der Waals surface area contributed by atoms with E-state index in [9.17, 15) is 9.59 Å². The lowest BCUT2D eigenvalue weighted by molar-refractivity contribution is -0.120. The quantitative estimate of drug-likeness (QED) is 0.583. The number of fused-ring (bicyclic) bond motifs is 1. The Morgan fingerprint density at radius 1 is 1.15 bits per heavy atom. The predicted octanol–water partition coefficient (Wildman–Crippen LogP) is 1.03. The number of carbonyl (C=O) groups excluding carboxylic acids is 2. The third kappa shape index (κ3) is 4.05. The molecule has 0 fully saturated rings. The van der Waals surface area contributed by atoms with Gasteiger partial charge >= 0.3 is 0 Å². The molecule has 1 aromatic heterocycles. The molecular formula is C15H17N3O2. The number of hydrogen-bond acceptors (Lipinski definition) is 3. The highest BCUT2D eigenvalue weighted by Crippen LogP contribution is 2.11. The molecule has 0 aliphatic carbocycles. The molecule has 0 aliphatic heterocycles. The van der Waals surface area contributed by atoms with Crippen molar-refractivity contribution in [1.29, 1.82) is 0 Å². The van der Waals surface area contributed by atoms with Gasteiger partial charge in [0.05, 0.1) is 17.6 Å². The number of para-hydroxylation sites is 1. The smallest absolute Gasteiger partial charge is 0.226 e. The lowest BCUT2D eigenvalue weighted by Gasteiger charge is -2.05. The van der Waals surface area contributed by atoms with Gasteiger partial charge in [-0.3, -0.25) is 14.6 Å². The number of hydrogen-bond donors (Lipinski definition) is 2. The van der Waals surface area contributed by atoms with Gasteiger partial charge in [-0.2, -0.15) is 0 Å². The standard InChI is InChI=1S/C15H17N3O2/c19-11-16-8-3-9-17-15(20)10-13-7-6-12-4-1-2-5-14(12)18-13/h1-2,4-7,11H,3,8-10H2,(H,16,19)(H,17,20). The van der Waals surface area contributed by atoms with E-state index < -0.39 is 0 Å². The minimum atomic E-state index is -0.0566. The molecule has 2 amide bonds. The zero-order chi connectivity index (χ0) is 14.2. The molecule has 0 saturated carbocycles. The molecule has 0 aliphatic rings. The summed E-state index contributed by atoms with van der Waals surface area (Å²) in [4.78, 5) is 26.2. The van der Waals surface area contributed by atoms with E-state index in [1.165, 1.54) is 0 Å². The van der Waals surface area contributed by atoms with E-state index in [1.807, 2.05) is 36.4 Å². The predicted molar refractivity (Wildman–Crippen MR) is 77.1 cm³/mol. The second-order valence-corrected chi connectivity index (χ2v) is 4.45. The SMILES string of the molecule is O=CNCCCNC(=O)Cc1ccc2ccccc2n1. The summed E-state index contributed by atoms with van der Waals surface area (Å²) in [7, 11) is 0. The molecule has 2 N–H and O–H groups in total. The van der Waals surface area contributed by atoms with Crippen molar-refractivity contribution in [1.82, 2.24) is 15.6 Å². The van der Waals surface area contributed by atoms with Gasteiger partial charge in [0.2, 0.25) is 12.3 Å². The number of rotatable bonds is 7. The van der Waals surface area contributed by atoms with Crippen LogP contribution in [-0.4, -0.2) is 30.4 Å². The van der Waals surface area contributed by atoms with Gasteiger partial charge < -0.3 is 10.6 Å². The van der Waals surface area contributed by atoms with Gasteiger partial charge in [-0.15, -0.1) is 0 Å². The van der Waals surface area contributed by atoms with Crippen molar-refractivity contribution in [3.05, 3.63) is 42.1 Å². The van der Waals surface area contributed by atoms with E-state index in [-0.39, 0.29) is 12.3 Å². The van der Waals surface area contributed by atoms with Crippen LogP contribution in [0.3, 0.4) is 0 Å². The molecule has 0 atom stereocenters. The number of pyridine rings is 1. The van der Waals surface area contributed by atoms with Crippen molar-refractivity contribution in [2.75, 3.05) is 13.1 Å². The maximum Gasteiger partial charge on any atom is 0.226 e. The Hall–Kier alpha value is -2.43. The van der Waals surface area contributed by atoms with Crippen LogP contribution >= 0.6 is 0 Å². The first-order chi connectivity index (χ1) is 9.79. The minimum absolute atomic E-state index is 0.0566. The highest BCUT2D eigenvalue weighted by molar-refractivity contribution is 5.81. The Kier molecular flexibility index (Phi) is 5.06. The van der Waals surface area contributed by atoms with Gasteiger partial charge in [-0.1, -0.05) is 24.3 Å². The minimum Gasteiger partial charge on any atom is -0.359 e. The Morgan fingerprint density at radius 2 is 2.00 bits per heavy atom.